The van der Waals surface area contributed by atoms with Crippen molar-refractivity contribution in [2.45, 2.75) is 31.1 Å². The lowest BCUT2D eigenvalue weighted by atomic mass is 10.2. The summed E-state index contributed by atoms with van der Waals surface area (Å²) >= 11 is 1.14. The van der Waals surface area contributed by atoms with E-state index in [1.807, 2.05) is 0 Å². The summed E-state index contributed by atoms with van der Waals surface area (Å²) in [4.78, 5) is 14.5. The van der Waals surface area contributed by atoms with E-state index in [1.165, 1.54) is 28.4 Å². The maximum absolute atomic E-state index is 13.8. The third-order valence-corrected chi connectivity index (χ3v) is 7.94. The van der Waals surface area contributed by atoms with E-state index in [4.69, 9.17) is 4.74 Å². The van der Waals surface area contributed by atoms with Crippen LogP contribution >= 0.6 is 11.3 Å². The van der Waals surface area contributed by atoms with Crippen LogP contribution in [0, 0.1) is 5.82 Å². The second-order valence-corrected chi connectivity index (χ2v) is 9.63. The molecule has 1 aromatic carbocycles. The molecule has 0 aliphatic heterocycles. The number of thiophene rings is 1. The van der Waals surface area contributed by atoms with Crippen molar-refractivity contribution in [1.29, 1.82) is 0 Å². The Bertz CT molecular complexity index is 943. The number of sulfonamides is 1. The van der Waals surface area contributed by atoms with Crippen molar-refractivity contribution in [3.63, 3.8) is 0 Å². The minimum absolute atomic E-state index is 0.147. The van der Waals surface area contributed by atoms with Gasteiger partial charge in [0.1, 0.15) is 4.21 Å². The Morgan fingerprint density at radius 2 is 1.90 bits per heavy atom. The van der Waals surface area contributed by atoms with Gasteiger partial charge in [0, 0.05) is 31.6 Å². The van der Waals surface area contributed by atoms with Crippen molar-refractivity contribution in [2.24, 2.45) is 0 Å². The molecule has 0 bridgehead atoms. The van der Waals surface area contributed by atoms with Gasteiger partial charge in [0.05, 0.1) is 13.7 Å². The van der Waals surface area contributed by atoms with Crippen LogP contribution in [0.1, 0.15) is 24.3 Å². The van der Waals surface area contributed by atoms with Gasteiger partial charge in [-0.25, -0.2) is 17.6 Å². The van der Waals surface area contributed by atoms with Gasteiger partial charge in [0.25, 0.3) is 10.0 Å². The number of carbonyl (C=O) groups excluding carboxylic acids is 1. The Hall–Kier alpha value is -2.17. The van der Waals surface area contributed by atoms with Crippen LogP contribution in [-0.2, 0) is 23.1 Å². The first-order valence-corrected chi connectivity index (χ1v) is 11.4. The number of methoxy groups -OCH3 is 1. The van der Waals surface area contributed by atoms with E-state index in [-0.39, 0.29) is 29.1 Å². The molecule has 0 aliphatic carbocycles. The van der Waals surface area contributed by atoms with Gasteiger partial charge < -0.3 is 15.0 Å². The van der Waals surface area contributed by atoms with E-state index in [9.17, 15) is 17.6 Å². The molecule has 0 spiro atoms. The number of hydrogen-bond donors (Lipinski definition) is 1. The molecule has 10 heteroatoms. The van der Waals surface area contributed by atoms with Crippen LogP contribution in [0.3, 0.4) is 0 Å². The number of carbonyl (C=O) groups is 1. The smallest absolute Gasteiger partial charge is 0.317 e. The van der Waals surface area contributed by atoms with Gasteiger partial charge in [0.2, 0.25) is 0 Å². The zero-order valence-corrected chi connectivity index (χ0v) is 18.6. The topological polar surface area (TPSA) is 79.0 Å². The minimum Gasteiger partial charge on any atom is -0.494 e. The van der Waals surface area contributed by atoms with Crippen LogP contribution in [0.15, 0.2) is 34.5 Å². The lowest BCUT2D eigenvalue weighted by Gasteiger charge is -2.18. The average molecular weight is 444 g/mol. The molecule has 1 N–H and O–H groups in total. The largest absolute Gasteiger partial charge is 0.494 e. The zero-order valence-electron chi connectivity index (χ0n) is 16.9. The Kier molecular flexibility index (Phi) is 8.00. The molecule has 29 heavy (non-hydrogen) atoms. The third kappa shape index (κ3) is 5.68. The molecule has 0 radical (unpaired) electrons. The Morgan fingerprint density at radius 3 is 2.48 bits per heavy atom. The number of hydrogen-bond acceptors (Lipinski definition) is 5. The molecular formula is C19H26FN3O4S2. The Morgan fingerprint density at radius 1 is 1.21 bits per heavy atom. The van der Waals surface area contributed by atoms with Crippen molar-refractivity contribution >= 4 is 27.4 Å². The molecule has 2 amide bonds. The fourth-order valence-corrected chi connectivity index (χ4v) is 5.64. The second kappa shape index (κ2) is 10.0. The summed E-state index contributed by atoms with van der Waals surface area (Å²) < 4.78 is 45.4. The van der Waals surface area contributed by atoms with Crippen molar-refractivity contribution in [3.05, 3.63) is 46.6 Å². The third-order valence-electron chi connectivity index (χ3n) is 4.33. The average Bonchev–Trinajstić information content (AvgIpc) is 3.17. The van der Waals surface area contributed by atoms with E-state index in [0.29, 0.717) is 18.7 Å². The van der Waals surface area contributed by atoms with Crippen LogP contribution in [0.25, 0.3) is 0 Å². The van der Waals surface area contributed by atoms with Crippen LogP contribution in [-0.4, -0.2) is 50.9 Å². The van der Waals surface area contributed by atoms with Crippen LogP contribution in [0.2, 0.25) is 0 Å². The van der Waals surface area contributed by atoms with Gasteiger partial charge in [-0.05, 0) is 29.8 Å². The number of nitrogens with zero attached hydrogens (tertiary/aromatic N) is 2. The summed E-state index contributed by atoms with van der Waals surface area (Å²) in [6.07, 6.45) is 0. The Balaban J connectivity index is 1.95. The molecule has 160 valence electrons. The van der Waals surface area contributed by atoms with Crippen LogP contribution in [0.5, 0.6) is 5.75 Å². The van der Waals surface area contributed by atoms with Crippen molar-refractivity contribution in [3.8, 4) is 5.75 Å². The number of urea groups is 1. The van der Waals surface area contributed by atoms with Gasteiger partial charge in [-0.2, -0.15) is 4.31 Å². The molecule has 1 heterocycles. The van der Waals surface area contributed by atoms with Gasteiger partial charge in [-0.3, -0.25) is 0 Å². The highest BCUT2D eigenvalue weighted by Gasteiger charge is 2.23. The van der Waals surface area contributed by atoms with E-state index >= 15 is 0 Å². The van der Waals surface area contributed by atoms with E-state index in [0.717, 1.165) is 16.2 Å². The first kappa shape index (κ1) is 23.1. The van der Waals surface area contributed by atoms with Crippen LogP contribution in [0.4, 0.5) is 9.18 Å². The van der Waals surface area contributed by atoms with Gasteiger partial charge in [-0.15, -0.1) is 11.3 Å². The molecule has 2 rings (SSSR count). The van der Waals surface area contributed by atoms with Gasteiger partial charge in [0.15, 0.2) is 11.6 Å². The minimum atomic E-state index is -3.50. The number of rotatable bonds is 9. The number of halogens is 1. The van der Waals surface area contributed by atoms with Crippen molar-refractivity contribution in [2.75, 3.05) is 27.2 Å². The Labute approximate surface area is 175 Å². The highest BCUT2D eigenvalue weighted by Crippen LogP contribution is 2.25. The molecule has 7 nitrogen and oxygen atoms in total. The fourth-order valence-electron chi connectivity index (χ4n) is 2.73. The zero-order chi connectivity index (χ0) is 21.6. The molecule has 0 saturated carbocycles. The molecule has 0 unspecified atom stereocenters. The molecular weight excluding hydrogens is 417 g/mol. The highest BCUT2D eigenvalue weighted by molar-refractivity contribution is 7.91. The van der Waals surface area contributed by atoms with E-state index < -0.39 is 15.8 Å². The molecule has 0 aliphatic rings. The fraction of sp³-hybridized carbons (Fsp3) is 0.421. The number of amides is 2. The van der Waals surface area contributed by atoms with E-state index in [2.05, 4.69) is 5.32 Å². The predicted octanol–water partition coefficient (Wildman–Crippen LogP) is 3.27. The van der Waals surface area contributed by atoms with Crippen LogP contribution < -0.4 is 10.1 Å². The van der Waals surface area contributed by atoms with Crippen molar-refractivity contribution < 1.29 is 22.3 Å². The summed E-state index contributed by atoms with van der Waals surface area (Å²) in [6.45, 7) is 4.82. The highest BCUT2D eigenvalue weighted by atomic mass is 32.2. The summed E-state index contributed by atoms with van der Waals surface area (Å²) in [5, 5.41) is 2.75. The predicted molar refractivity (Wildman–Crippen MR) is 111 cm³/mol. The quantitative estimate of drug-likeness (QED) is 0.645. The molecule has 2 aromatic rings. The van der Waals surface area contributed by atoms with Gasteiger partial charge >= 0.3 is 6.03 Å². The summed E-state index contributed by atoms with van der Waals surface area (Å²) in [5.74, 6) is -0.339. The SMILES string of the molecule is CCN(CC)S(=O)(=O)c1ccc(CNC(=O)N(C)Cc2ccc(OC)c(F)c2)s1. The second-order valence-electron chi connectivity index (χ2n) is 6.29. The maximum atomic E-state index is 13.8. The van der Waals surface area contributed by atoms with Crippen molar-refractivity contribution in [1.82, 2.24) is 14.5 Å². The van der Waals surface area contributed by atoms with Gasteiger partial charge in [-0.1, -0.05) is 19.9 Å². The monoisotopic (exact) mass is 443 g/mol. The molecule has 0 saturated heterocycles. The molecule has 0 atom stereocenters. The molecule has 0 fully saturated rings. The van der Waals surface area contributed by atoms with E-state index in [1.54, 1.807) is 39.1 Å². The summed E-state index contributed by atoms with van der Waals surface area (Å²) in [5.41, 5.74) is 0.629. The first-order valence-electron chi connectivity index (χ1n) is 9.13. The summed E-state index contributed by atoms with van der Waals surface area (Å²) in [7, 11) is -0.514. The first-order chi connectivity index (χ1) is 13.7. The lowest BCUT2D eigenvalue weighted by Crippen LogP contribution is -2.36. The number of ether oxygens (including phenoxy) is 1. The normalized spacial score (nSPS) is 11.5. The number of benzene rings is 1. The maximum Gasteiger partial charge on any atom is 0.317 e. The standard InChI is InChI=1S/C19H26FN3O4S2/c1-5-23(6-2)29(25,26)18-10-8-15(28-18)12-21-19(24)22(3)13-14-7-9-17(27-4)16(20)11-14/h7-11H,5-6,12-13H2,1-4H3,(H,21,24). The lowest BCUT2D eigenvalue weighted by molar-refractivity contribution is 0.206. The summed E-state index contributed by atoms with van der Waals surface area (Å²) in [6, 6.07) is 7.44. The number of nitrogens with one attached hydrogen (secondary N) is 1. The molecule has 1 aromatic heterocycles.